The number of thiophene rings is 1. The Morgan fingerprint density at radius 2 is 1.81 bits per heavy atom. The van der Waals surface area contributed by atoms with Crippen LogP contribution in [0.15, 0.2) is 36.4 Å². The molecule has 0 bridgehead atoms. The van der Waals surface area contributed by atoms with Crippen molar-refractivity contribution in [3.8, 4) is 0 Å². The van der Waals surface area contributed by atoms with Crippen molar-refractivity contribution in [2.75, 3.05) is 6.61 Å². The fourth-order valence-corrected chi connectivity index (χ4v) is 3.50. The highest BCUT2D eigenvalue weighted by molar-refractivity contribution is 7.12. The molecule has 2 aromatic rings. The lowest BCUT2D eigenvalue weighted by Gasteiger charge is -2.14. The van der Waals surface area contributed by atoms with Gasteiger partial charge in [-0.25, -0.2) is 0 Å². The van der Waals surface area contributed by atoms with E-state index in [1.54, 1.807) is 6.07 Å². The molecule has 6 heteroatoms. The van der Waals surface area contributed by atoms with Gasteiger partial charge < -0.3 is 10.1 Å². The summed E-state index contributed by atoms with van der Waals surface area (Å²) in [6, 6.07) is 11.2. The molecule has 5 nitrogen and oxygen atoms in total. The van der Waals surface area contributed by atoms with Crippen LogP contribution in [0.3, 0.4) is 0 Å². The lowest BCUT2D eigenvalue weighted by molar-refractivity contribution is -0.143. The van der Waals surface area contributed by atoms with Crippen LogP contribution in [0.2, 0.25) is 0 Å². The van der Waals surface area contributed by atoms with Crippen LogP contribution in [-0.2, 0) is 14.3 Å². The summed E-state index contributed by atoms with van der Waals surface area (Å²) in [5, 5.41) is 2.84. The zero-order valence-corrected chi connectivity index (χ0v) is 16.0. The first kappa shape index (κ1) is 19.8. The van der Waals surface area contributed by atoms with Crippen molar-refractivity contribution < 1.29 is 19.1 Å². The Kier molecular flexibility index (Phi) is 7.09. The van der Waals surface area contributed by atoms with Crippen LogP contribution in [0.4, 0.5) is 0 Å². The van der Waals surface area contributed by atoms with Crippen molar-refractivity contribution in [3.05, 3.63) is 57.3 Å². The van der Waals surface area contributed by atoms with E-state index in [1.807, 2.05) is 51.1 Å². The number of carbonyl (C=O) groups is 3. The number of benzene rings is 1. The molecule has 138 valence electrons. The van der Waals surface area contributed by atoms with Crippen molar-refractivity contribution in [2.45, 2.75) is 39.7 Å². The molecule has 0 radical (unpaired) electrons. The van der Waals surface area contributed by atoms with Gasteiger partial charge in [-0.15, -0.1) is 11.3 Å². The van der Waals surface area contributed by atoms with Gasteiger partial charge in [-0.2, -0.15) is 0 Å². The van der Waals surface area contributed by atoms with E-state index in [-0.39, 0.29) is 37.2 Å². The van der Waals surface area contributed by atoms with Gasteiger partial charge in [0.05, 0.1) is 12.5 Å². The number of ketones is 1. The standard InChI is InChI=1S/C20H23NO4S/c1-13-11-17(15(3)26-13)18(22)12-25-20(24)10-9-19(23)21-14(2)16-7-5-4-6-8-16/h4-8,11,14H,9-10,12H2,1-3H3,(H,21,23)/t14-/m1/s1. The van der Waals surface area contributed by atoms with E-state index in [0.29, 0.717) is 5.56 Å². The third-order valence-electron chi connectivity index (χ3n) is 3.94. The highest BCUT2D eigenvalue weighted by atomic mass is 32.1. The second-order valence-corrected chi connectivity index (χ2v) is 7.57. The van der Waals surface area contributed by atoms with Crippen molar-refractivity contribution >= 4 is 29.0 Å². The molecular formula is C20H23NO4S. The van der Waals surface area contributed by atoms with Crippen molar-refractivity contribution in [3.63, 3.8) is 0 Å². The van der Waals surface area contributed by atoms with Crippen LogP contribution < -0.4 is 5.32 Å². The second kappa shape index (κ2) is 9.29. The quantitative estimate of drug-likeness (QED) is 0.565. The Morgan fingerprint density at radius 1 is 1.12 bits per heavy atom. The Labute approximate surface area is 157 Å². The molecule has 1 N–H and O–H groups in total. The molecule has 1 heterocycles. The summed E-state index contributed by atoms with van der Waals surface area (Å²) >= 11 is 1.54. The minimum absolute atomic E-state index is 0.0286. The third kappa shape index (κ3) is 5.81. The van der Waals surface area contributed by atoms with E-state index in [2.05, 4.69) is 5.32 Å². The van der Waals surface area contributed by atoms with Gasteiger partial charge in [0.15, 0.2) is 6.61 Å². The summed E-state index contributed by atoms with van der Waals surface area (Å²) < 4.78 is 5.00. The lowest BCUT2D eigenvalue weighted by atomic mass is 10.1. The summed E-state index contributed by atoms with van der Waals surface area (Å²) in [5.41, 5.74) is 1.59. The van der Waals surface area contributed by atoms with E-state index in [1.165, 1.54) is 11.3 Å². The average Bonchev–Trinajstić information content (AvgIpc) is 2.97. The molecule has 0 aliphatic heterocycles. The first-order chi connectivity index (χ1) is 12.4. The van der Waals surface area contributed by atoms with Crippen molar-refractivity contribution in [1.82, 2.24) is 5.32 Å². The summed E-state index contributed by atoms with van der Waals surface area (Å²) in [5.74, 6) is -0.998. The number of aryl methyl sites for hydroxylation is 2. The van der Waals surface area contributed by atoms with Gasteiger partial charge in [0.2, 0.25) is 11.7 Å². The van der Waals surface area contributed by atoms with Crippen molar-refractivity contribution in [1.29, 1.82) is 0 Å². The smallest absolute Gasteiger partial charge is 0.306 e. The number of carbonyl (C=O) groups excluding carboxylic acids is 3. The molecule has 1 aromatic heterocycles. The van der Waals surface area contributed by atoms with Gasteiger partial charge in [0.25, 0.3) is 0 Å². The van der Waals surface area contributed by atoms with Crippen LogP contribution in [0.25, 0.3) is 0 Å². The molecule has 26 heavy (non-hydrogen) atoms. The normalized spacial score (nSPS) is 11.7. The number of hydrogen-bond donors (Lipinski definition) is 1. The molecule has 0 unspecified atom stereocenters. The van der Waals surface area contributed by atoms with E-state index < -0.39 is 5.97 Å². The molecule has 0 aliphatic carbocycles. The van der Waals surface area contributed by atoms with Gasteiger partial charge >= 0.3 is 5.97 Å². The number of hydrogen-bond acceptors (Lipinski definition) is 5. The SMILES string of the molecule is Cc1cc(C(=O)COC(=O)CCC(=O)N[C@H](C)c2ccccc2)c(C)s1. The fraction of sp³-hybridized carbons (Fsp3) is 0.350. The van der Waals surface area contributed by atoms with Crippen LogP contribution in [0.1, 0.15) is 51.5 Å². The van der Waals surface area contributed by atoms with E-state index in [0.717, 1.165) is 15.3 Å². The maximum Gasteiger partial charge on any atom is 0.306 e. The number of nitrogens with one attached hydrogen (secondary N) is 1. The summed E-state index contributed by atoms with van der Waals surface area (Å²) in [6.45, 7) is 5.38. The molecule has 0 saturated heterocycles. The van der Waals surface area contributed by atoms with Gasteiger partial charge in [-0.1, -0.05) is 30.3 Å². The van der Waals surface area contributed by atoms with Gasteiger partial charge in [-0.05, 0) is 32.4 Å². The predicted octanol–water partition coefficient (Wildman–Crippen LogP) is 3.75. The maximum absolute atomic E-state index is 12.1. The number of Topliss-reactive ketones (excluding diaryl/α,β-unsaturated/α-hetero) is 1. The summed E-state index contributed by atoms with van der Waals surface area (Å²) in [4.78, 5) is 37.8. The van der Waals surface area contributed by atoms with E-state index >= 15 is 0 Å². The maximum atomic E-state index is 12.1. The zero-order chi connectivity index (χ0) is 19.1. The Morgan fingerprint density at radius 3 is 2.42 bits per heavy atom. The van der Waals surface area contributed by atoms with Crippen LogP contribution in [0.5, 0.6) is 0 Å². The summed E-state index contributed by atoms with van der Waals surface area (Å²) in [6.07, 6.45) is -0.0247. The Hall–Kier alpha value is -2.47. The highest BCUT2D eigenvalue weighted by Gasteiger charge is 2.16. The Bertz CT molecular complexity index is 782. The minimum Gasteiger partial charge on any atom is -0.457 e. The monoisotopic (exact) mass is 373 g/mol. The molecule has 0 fully saturated rings. The topological polar surface area (TPSA) is 72.5 Å². The highest BCUT2D eigenvalue weighted by Crippen LogP contribution is 2.21. The molecule has 0 aliphatic rings. The van der Waals surface area contributed by atoms with Crippen LogP contribution >= 0.6 is 11.3 Å². The minimum atomic E-state index is -0.550. The van der Waals surface area contributed by atoms with Crippen LogP contribution in [-0.4, -0.2) is 24.3 Å². The first-order valence-electron chi connectivity index (χ1n) is 8.47. The third-order valence-corrected chi connectivity index (χ3v) is 4.90. The largest absolute Gasteiger partial charge is 0.457 e. The molecule has 1 amide bonds. The first-order valence-corrected chi connectivity index (χ1v) is 9.28. The fourth-order valence-electron chi connectivity index (χ4n) is 2.56. The molecule has 0 spiro atoms. The number of ether oxygens (including phenoxy) is 1. The number of esters is 1. The van der Waals surface area contributed by atoms with Gasteiger partial charge in [0, 0.05) is 21.7 Å². The number of rotatable bonds is 8. The molecular weight excluding hydrogens is 350 g/mol. The number of amides is 1. The van der Waals surface area contributed by atoms with Gasteiger partial charge in [-0.3, -0.25) is 14.4 Å². The second-order valence-electron chi connectivity index (χ2n) is 6.11. The summed E-state index contributed by atoms with van der Waals surface area (Å²) in [7, 11) is 0. The molecule has 1 aromatic carbocycles. The predicted molar refractivity (Wildman–Crippen MR) is 101 cm³/mol. The molecule has 0 saturated carbocycles. The van der Waals surface area contributed by atoms with E-state index in [4.69, 9.17) is 4.74 Å². The Balaban J connectivity index is 1.72. The van der Waals surface area contributed by atoms with Crippen molar-refractivity contribution in [2.24, 2.45) is 0 Å². The zero-order valence-electron chi connectivity index (χ0n) is 15.2. The average molecular weight is 373 g/mol. The molecule has 2 rings (SSSR count). The molecule has 1 atom stereocenters. The van der Waals surface area contributed by atoms with Gasteiger partial charge in [0.1, 0.15) is 0 Å². The lowest BCUT2D eigenvalue weighted by Crippen LogP contribution is -2.27. The van der Waals surface area contributed by atoms with Crippen LogP contribution in [0, 0.1) is 13.8 Å². The van der Waals surface area contributed by atoms with E-state index in [9.17, 15) is 14.4 Å².